The quantitative estimate of drug-likeness (QED) is 0.0207. The van der Waals surface area contributed by atoms with Crippen molar-refractivity contribution in [1.82, 2.24) is 44.8 Å². The highest BCUT2D eigenvalue weighted by molar-refractivity contribution is 7.99. The van der Waals surface area contributed by atoms with E-state index in [2.05, 4.69) is 59.6 Å². The summed E-state index contributed by atoms with van der Waals surface area (Å²) in [6, 6.07) is 31.3. The fourth-order valence-corrected chi connectivity index (χ4v) is 19.3. The SMILES string of the molecule is Cc1ncsc1-c1ccc([C@H](C)NC(=O)[C@@H]2C[C@@H](O)CN2C(=O)[C@@H](NC(=O)CCCCCC(=O)N2CCN(CC3(C)CCC(c4ccc(Cl)cc4)=C(CN4CCN(c5ccc(C(=O)NS(=O)(=O)c6ccc(N[C@H](CCN7CCOCC7)CSc7ccccc7)c(S(=O)(=O)C(F)(F)F)c6)cc5)CC4)C3)CC2)C(C)(C)C)cc1. The molecule has 0 radical (unpaired) electrons. The minimum atomic E-state index is -6.11. The number of carbonyl (C=O) groups excluding carboxylic acids is 5. The minimum absolute atomic E-state index is 0.0296. The van der Waals surface area contributed by atoms with Crippen molar-refractivity contribution in [2.75, 3.05) is 121 Å². The number of halogens is 4. The molecule has 0 bridgehead atoms. The van der Waals surface area contributed by atoms with Crippen molar-refractivity contribution < 1.29 is 63.8 Å². The Morgan fingerprint density at radius 3 is 2.11 bits per heavy atom. The molecule has 30 heteroatoms. The van der Waals surface area contributed by atoms with Gasteiger partial charge in [-0.25, -0.2) is 26.5 Å². The highest BCUT2D eigenvalue weighted by Crippen LogP contribution is 2.45. The lowest BCUT2D eigenvalue weighted by atomic mass is 9.71. The van der Waals surface area contributed by atoms with E-state index >= 15 is 0 Å². The third kappa shape index (κ3) is 22.3. The Morgan fingerprint density at radius 1 is 0.784 bits per heavy atom. The normalized spacial score (nSPS) is 20.2. The van der Waals surface area contributed by atoms with E-state index in [0.29, 0.717) is 108 Å². The number of alkyl halides is 3. The van der Waals surface area contributed by atoms with Gasteiger partial charge in [-0.2, -0.15) is 13.2 Å². The first kappa shape index (κ1) is 84.5. The number of allylic oxidation sites excluding steroid dienone is 1. The number of aryl methyl sites for hydroxylation is 1. The molecule has 5 aromatic carbocycles. The summed E-state index contributed by atoms with van der Waals surface area (Å²) in [5, 5.41) is 20.5. The van der Waals surface area contributed by atoms with Gasteiger partial charge in [0.05, 0.1) is 52.0 Å². The maximum absolute atomic E-state index is 14.4. The van der Waals surface area contributed by atoms with E-state index in [-0.39, 0.29) is 54.1 Å². The van der Waals surface area contributed by atoms with E-state index < -0.39 is 82.3 Å². The molecule has 6 atom stereocenters. The molecule has 5 amide bonds. The van der Waals surface area contributed by atoms with Crippen molar-refractivity contribution in [1.29, 1.82) is 0 Å². The summed E-state index contributed by atoms with van der Waals surface area (Å²) >= 11 is 9.40. The predicted octanol–water partition coefficient (Wildman–Crippen LogP) is 11.7. The van der Waals surface area contributed by atoms with Crippen LogP contribution < -0.4 is 25.6 Å². The number of thioether (sulfide) groups is 1. The van der Waals surface area contributed by atoms with Gasteiger partial charge in [-0.05, 0) is 152 Å². The number of unbranched alkanes of at least 4 members (excludes halogenated alkanes) is 2. The van der Waals surface area contributed by atoms with E-state index in [9.17, 15) is 59.1 Å². The molecule has 11 rings (SSSR count). The molecule has 22 nitrogen and oxygen atoms in total. The monoisotopic (exact) mass is 1630 g/mol. The Bertz CT molecular complexity index is 4480. The Kier molecular flexibility index (Phi) is 28.3. The number of aliphatic hydroxyl groups excluding tert-OH is 1. The van der Waals surface area contributed by atoms with Crippen molar-refractivity contribution >= 4 is 101 Å². The van der Waals surface area contributed by atoms with E-state index in [1.807, 2.05) is 116 Å². The lowest BCUT2D eigenvalue weighted by Crippen LogP contribution is -2.57. The number of anilines is 2. The summed E-state index contributed by atoms with van der Waals surface area (Å²) in [6.45, 7) is 21.8. The number of hydrogen-bond acceptors (Lipinski definition) is 19. The Balaban J connectivity index is 0.628. The molecule has 4 fully saturated rings. The highest BCUT2D eigenvalue weighted by Gasteiger charge is 2.49. The van der Waals surface area contributed by atoms with Gasteiger partial charge < -0.3 is 40.5 Å². The average Bonchev–Trinajstić information content (AvgIpc) is 1.45. The predicted molar refractivity (Wildman–Crippen MR) is 429 cm³/mol. The highest BCUT2D eigenvalue weighted by atomic mass is 35.5. The summed E-state index contributed by atoms with van der Waals surface area (Å²) in [7, 11) is -11.0. The molecule has 5 N–H and O–H groups in total. The smallest absolute Gasteiger partial charge is 0.391 e. The average molecular weight is 1630 g/mol. The first-order chi connectivity index (χ1) is 52.8. The molecule has 0 saturated carbocycles. The Morgan fingerprint density at radius 2 is 1.45 bits per heavy atom. The molecule has 1 unspecified atom stereocenters. The largest absolute Gasteiger partial charge is 0.501 e. The van der Waals surface area contributed by atoms with Crippen molar-refractivity contribution in [2.24, 2.45) is 10.8 Å². The number of sulfone groups is 1. The number of benzene rings is 5. The summed E-state index contributed by atoms with van der Waals surface area (Å²) in [5.41, 5.74) is 2.31. The van der Waals surface area contributed by atoms with Gasteiger partial charge in [-0.15, -0.1) is 23.1 Å². The van der Waals surface area contributed by atoms with Crippen LogP contribution in [-0.2, 0) is 43.8 Å². The standard InChI is InChI=1S/C81H103ClF3N11O11S4/c1-55(57-17-19-59(20-18-57)74-56(2)86-54-109-74)87-77(101)70-47-65(97)51-96(70)78(102)75(79(3,4)5)89-72(98)15-11-8-12-16-73(99)95-41-37-93(38-42-95)53-80(6)33-31-68(58-21-25-62(82)26-22-58)61(49-80)50-92-35-39-94(40-36-92)64-27-23-60(24-28-64)76(100)90-111(105,106)67-29-30-69(71(48-67)110(103,104)81(83,84)85)88-63(32-34-91-43-45-107-46-44-91)52-108-66-13-9-7-10-14-66/h7,9-10,13-14,17-30,48,54-55,63,65,70,75,88,97H,8,11-12,15-16,31-47,49-53H2,1-6H3,(H,87,101)(H,89,98)(H,90,100)/t55-,63+,65+,70-,75+,80?/m0/s1. The van der Waals surface area contributed by atoms with Crippen molar-refractivity contribution in [2.45, 2.75) is 156 Å². The number of aliphatic hydroxyl groups is 1. The molecule has 5 aliphatic rings. The molecule has 1 aliphatic carbocycles. The van der Waals surface area contributed by atoms with Crippen LogP contribution >= 0.6 is 34.7 Å². The fraction of sp³-hybridized carbons (Fsp3) is 0.506. The molecule has 600 valence electrons. The number of hydrogen-bond donors (Lipinski definition) is 5. The zero-order chi connectivity index (χ0) is 79.4. The van der Waals surface area contributed by atoms with Crippen LogP contribution in [0.15, 0.2) is 147 Å². The molecule has 1 aromatic heterocycles. The van der Waals surface area contributed by atoms with Crippen LogP contribution in [0.25, 0.3) is 16.0 Å². The zero-order valence-corrected chi connectivity index (χ0v) is 67.9. The number of rotatable bonds is 30. The van der Waals surface area contributed by atoms with Gasteiger partial charge in [0.15, 0.2) is 0 Å². The van der Waals surface area contributed by atoms with E-state index in [0.717, 1.165) is 109 Å². The second-order valence-electron chi connectivity index (χ2n) is 31.2. The number of aromatic nitrogens is 1. The lowest BCUT2D eigenvalue weighted by molar-refractivity contribution is -0.144. The van der Waals surface area contributed by atoms with Gasteiger partial charge >= 0.3 is 5.51 Å². The van der Waals surface area contributed by atoms with Crippen LogP contribution in [0.4, 0.5) is 24.5 Å². The first-order valence-electron chi connectivity index (χ1n) is 38.2. The number of thiazole rings is 1. The number of piperazine rings is 2. The minimum Gasteiger partial charge on any atom is -0.391 e. The topological polar surface area (TPSA) is 264 Å². The van der Waals surface area contributed by atoms with Gasteiger partial charge in [0.2, 0.25) is 23.6 Å². The molecule has 6 aromatic rings. The van der Waals surface area contributed by atoms with Gasteiger partial charge in [-0.3, -0.25) is 38.7 Å². The fourth-order valence-electron chi connectivity index (χ4n) is 15.4. The molecular weight excluding hydrogens is 1520 g/mol. The summed E-state index contributed by atoms with van der Waals surface area (Å²) in [4.78, 5) is 85.8. The van der Waals surface area contributed by atoms with Crippen LogP contribution in [0.1, 0.15) is 132 Å². The van der Waals surface area contributed by atoms with Crippen LogP contribution in [0, 0.1) is 17.8 Å². The molecule has 5 heterocycles. The van der Waals surface area contributed by atoms with E-state index in [1.165, 1.54) is 39.9 Å². The summed E-state index contributed by atoms with van der Waals surface area (Å²) in [6.07, 6.45) is 4.64. The van der Waals surface area contributed by atoms with Crippen LogP contribution in [0.5, 0.6) is 0 Å². The number of morpholine rings is 1. The molecular formula is C81H103ClF3N11O11S4. The van der Waals surface area contributed by atoms with Gasteiger partial charge in [-0.1, -0.05) is 106 Å². The second kappa shape index (κ2) is 37.2. The molecule has 4 aliphatic heterocycles. The third-order valence-corrected chi connectivity index (χ3v) is 27.0. The number of β-amino-alcohol motifs (C(OH)–C–C–N with tert-alkyl or cyclic N) is 1. The number of likely N-dealkylation sites (tertiary alicyclic amines) is 1. The van der Waals surface area contributed by atoms with Gasteiger partial charge in [0.1, 0.15) is 17.0 Å². The Hall–Kier alpha value is -7.45. The third-order valence-electron chi connectivity index (χ3n) is 21.7. The van der Waals surface area contributed by atoms with Gasteiger partial charge in [0.25, 0.3) is 25.8 Å². The molecule has 0 spiro atoms. The van der Waals surface area contributed by atoms with E-state index in [4.69, 9.17) is 16.3 Å². The maximum atomic E-state index is 14.4. The second-order valence-corrected chi connectivity index (χ2v) is 37.2. The number of sulfonamides is 1. The number of amides is 5. The number of ether oxygens (including phenoxy) is 1. The number of nitrogens with zero attached hydrogens (tertiary/aromatic N) is 7. The van der Waals surface area contributed by atoms with Crippen molar-refractivity contribution in [3.63, 3.8) is 0 Å². The van der Waals surface area contributed by atoms with Crippen LogP contribution in [0.3, 0.4) is 0 Å². The van der Waals surface area contributed by atoms with Crippen LogP contribution in [-0.4, -0.2) is 221 Å². The number of carbonyl (C=O) groups is 5. The zero-order valence-electron chi connectivity index (χ0n) is 63.9. The molecule has 4 saturated heterocycles. The first-order valence-corrected chi connectivity index (χ1v) is 43.4. The summed E-state index contributed by atoms with van der Waals surface area (Å²) < 4.78 is 105. The van der Waals surface area contributed by atoms with Gasteiger partial charge in [0, 0.05) is 144 Å². The maximum Gasteiger partial charge on any atom is 0.501 e. The molecule has 111 heavy (non-hydrogen) atoms. The van der Waals surface area contributed by atoms with Crippen molar-refractivity contribution in [3.05, 3.63) is 160 Å². The number of nitrogens with one attached hydrogen (secondary N) is 4. The lowest BCUT2D eigenvalue weighted by Gasteiger charge is -2.44. The van der Waals surface area contributed by atoms with Crippen LogP contribution in [0.2, 0.25) is 5.02 Å². The Labute approximate surface area is 663 Å². The summed E-state index contributed by atoms with van der Waals surface area (Å²) in [5.74, 6) is -1.73. The van der Waals surface area contributed by atoms with E-state index in [1.54, 1.807) is 23.5 Å². The van der Waals surface area contributed by atoms with Crippen molar-refractivity contribution in [3.8, 4) is 10.4 Å².